The maximum atomic E-state index is 12.1. The first kappa shape index (κ1) is 18.1. The van der Waals surface area contributed by atoms with E-state index in [1.807, 2.05) is 0 Å². The molecule has 0 aliphatic heterocycles. The highest BCUT2D eigenvalue weighted by molar-refractivity contribution is 6.02. The number of rotatable bonds is 6. The zero-order chi connectivity index (χ0) is 18.2. The normalized spacial score (nSPS) is 10.7. The molecule has 0 atom stereocenters. The molecule has 130 valence electrons. The second-order valence-corrected chi connectivity index (χ2v) is 4.93. The van der Waals surface area contributed by atoms with E-state index in [-0.39, 0.29) is 17.6 Å². The van der Waals surface area contributed by atoms with Gasteiger partial charge in [0.25, 0.3) is 5.91 Å². The Labute approximate surface area is 143 Å². The molecule has 7 heteroatoms. The van der Waals surface area contributed by atoms with Crippen LogP contribution in [-0.4, -0.2) is 25.5 Å². The highest BCUT2D eigenvalue weighted by atomic mass is 19.3. The molecule has 0 spiro atoms. The third kappa shape index (κ3) is 5.72. The van der Waals surface area contributed by atoms with Gasteiger partial charge in [-0.1, -0.05) is 12.1 Å². The van der Waals surface area contributed by atoms with Crippen LogP contribution in [0, 0.1) is 0 Å². The van der Waals surface area contributed by atoms with Crippen LogP contribution >= 0.6 is 0 Å². The summed E-state index contributed by atoms with van der Waals surface area (Å²) in [4.78, 5) is 23.3. The van der Waals surface area contributed by atoms with Crippen LogP contribution in [0.25, 0.3) is 6.08 Å². The van der Waals surface area contributed by atoms with Gasteiger partial charge in [-0.15, -0.1) is 0 Å². The summed E-state index contributed by atoms with van der Waals surface area (Å²) in [6.45, 7) is -2.87. The minimum Gasteiger partial charge on any atom is -0.435 e. The van der Waals surface area contributed by atoms with Gasteiger partial charge in [-0.25, -0.2) is 0 Å². The van der Waals surface area contributed by atoms with Gasteiger partial charge < -0.3 is 15.4 Å². The monoisotopic (exact) mass is 346 g/mol. The molecule has 0 aliphatic rings. The van der Waals surface area contributed by atoms with E-state index in [0.717, 1.165) is 0 Å². The summed E-state index contributed by atoms with van der Waals surface area (Å²) in [5, 5.41) is 5.16. The molecule has 0 bridgehead atoms. The van der Waals surface area contributed by atoms with Gasteiger partial charge in [0.15, 0.2) is 0 Å². The van der Waals surface area contributed by atoms with Crippen molar-refractivity contribution >= 4 is 23.6 Å². The van der Waals surface area contributed by atoms with Crippen LogP contribution in [-0.2, 0) is 4.79 Å². The summed E-state index contributed by atoms with van der Waals surface area (Å²) in [7, 11) is 1.54. The number of anilines is 1. The molecule has 2 N–H and O–H groups in total. The van der Waals surface area contributed by atoms with Crippen LogP contribution in [0.15, 0.2) is 54.6 Å². The van der Waals surface area contributed by atoms with Crippen molar-refractivity contribution in [2.24, 2.45) is 0 Å². The molecule has 5 nitrogen and oxygen atoms in total. The van der Waals surface area contributed by atoms with E-state index in [1.54, 1.807) is 42.5 Å². The van der Waals surface area contributed by atoms with Crippen LogP contribution < -0.4 is 15.4 Å². The average molecular weight is 346 g/mol. The van der Waals surface area contributed by atoms with Gasteiger partial charge in [-0.2, -0.15) is 8.78 Å². The number of halogens is 2. The number of carbonyl (C=O) groups excluding carboxylic acids is 2. The Bertz CT molecular complexity index is 757. The van der Waals surface area contributed by atoms with Gasteiger partial charge >= 0.3 is 6.61 Å². The molecular formula is C18H16F2N2O3. The first-order valence-corrected chi connectivity index (χ1v) is 7.34. The molecule has 2 aromatic carbocycles. The van der Waals surface area contributed by atoms with Crippen molar-refractivity contribution in [2.75, 3.05) is 12.4 Å². The Morgan fingerprint density at radius 2 is 1.68 bits per heavy atom. The van der Waals surface area contributed by atoms with Gasteiger partial charge in [0.2, 0.25) is 5.91 Å². The molecule has 0 saturated heterocycles. The Kier molecular flexibility index (Phi) is 6.22. The van der Waals surface area contributed by atoms with E-state index in [9.17, 15) is 18.4 Å². The minimum atomic E-state index is -2.87. The largest absolute Gasteiger partial charge is 0.435 e. The maximum absolute atomic E-state index is 12.1. The number of carbonyl (C=O) groups is 2. The van der Waals surface area contributed by atoms with Crippen molar-refractivity contribution in [1.29, 1.82) is 0 Å². The smallest absolute Gasteiger partial charge is 0.387 e. The minimum absolute atomic E-state index is 0.0489. The molecule has 0 unspecified atom stereocenters. The second-order valence-electron chi connectivity index (χ2n) is 4.93. The predicted molar refractivity (Wildman–Crippen MR) is 90.6 cm³/mol. The molecule has 2 aromatic rings. The molecule has 25 heavy (non-hydrogen) atoms. The van der Waals surface area contributed by atoms with Crippen molar-refractivity contribution in [1.82, 2.24) is 5.32 Å². The van der Waals surface area contributed by atoms with E-state index in [2.05, 4.69) is 15.4 Å². The summed E-state index contributed by atoms with van der Waals surface area (Å²) in [6.07, 6.45) is 2.86. The molecular weight excluding hydrogens is 330 g/mol. The molecule has 0 aliphatic carbocycles. The number of ether oxygens (including phenoxy) is 1. The fourth-order valence-corrected chi connectivity index (χ4v) is 1.97. The van der Waals surface area contributed by atoms with Crippen LogP contribution in [0.3, 0.4) is 0 Å². The summed E-state index contributed by atoms with van der Waals surface area (Å²) in [5.41, 5.74) is 1.69. The van der Waals surface area contributed by atoms with Crippen LogP contribution in [0.1, 0.15) is 15.9 Å². The Morgan fingerprint density at radius 1 is 1.04 bits per heavy atom. The van der Waals surface area contributed by atoms with Gasteiger partial charge in [-0.3, -0.25) is 9.59 Å². The number of amides is 2. The highest BCUT2D eigenvalue weighted by Gasteiger charge is 2.04. The molecule has 2 amide bonds. The molecule has 0 saturated carbocycles. The maximum Gasteiger partial charge on any atom is 0.387 e. The Hall–Kier alpha value is -3.22. The fraction of sp³-hybridized carbons (Fsp3) is 0.111. The summed E-state index contributed by atoms with van der Waals surface area (Å²) < 4.78 is 28.4. The lowest BCUT2D eigenvalue weighted by atomic mass is 10.2. The number of hydrogen-bond donors (Lipinski definition) is 2. The van der Waals surface area contributed by atoms with E-state index in [0.29, 0.717) is 16.8 Å². The van der Waals surface area contributed by atoms with Gasteiger partial charge in [0.05, 0.1) is 0 Å². The Balaban J connectivity index is 1.93. The number of hydrogen-bond acceptors (Lipinski definition) is 3. The topological polar surface area (TPSA) is 67.4 Å². The van der Waals surface area contributed by atoms with Crippen molar-refractivity contribution in [3.8, 4) is 5.75 Å². The predicted octanol–water partition coefficient (Wildman–Crippen LogP) is 3.30. The van der Waals surface area contributed by atoms with Gasteiger partial charge in [-0.05, 0) is 48.0 Å². The first-order valence-electron chi connectivity index (χ1n) is 7.34. The number of nitrogens with one attached hydrogen (secondary N) is 2. The third-order valence-electron chi connectivity index (χ3n) is 3.17. The summed E-state index contributed by atoms with van der Waals surface area (Å²) >= 11 is 0. The molecule has 0 radical (unpaired) electrons. The lowest BCUT2D eigenvalue weighted by molar-refractivity contribution is -0.111. The standard InChI is InChI=1S/C18H16F2N2O3/c1-21-17(24)13-5-7-14(8-6-13)22-16(23)11-4-12-2-9-15(10-3-12)25-18(19)20/h2-11,18H,1H3,(H,21,24)(H,22,23)/b11-4+. The van der Waals surface area contributed by atoms with E-state index >= 15 is 0 Å². The van der Waals surface area contributed by atoms with Crippen LogP contribution in [0.4, 0.5) is 14.5 Å². The van der Waals surface area contributed by atoms with Crippen molar-refractivity contribution in [3.05, 3.63) is 65.7 Å². The average Bonchev–Trinajstić information content (AvgIpc) is 2.60. The fourth-order valence-electron chi connectivity index (χ4n) is 1.97. The third-order valence-corrected chi connectivity index (χ3v) is 3.17. The first-order chi connectivity index (χ1) is 12.0. The van der Waals surface area contributed by atoms with Crippen molar-refractivity contribution in [2.45, 2.75) is 6.61 Å². The van der Waals surface area contributed by atoms with Crippen LogP contribution in [0.2, 0.25) is 0 Å². The number of benzene rings is 2. The summed E-state index contributed by atoms with van der Waals surface area (Å²) in [5.74, 6) is -0.523. The zero-order valence-electron chi connectivity index (χ0n) is 13.3. The van der Waals surface area contributed by atoms with Gasteiger partial charge in [0, 0.05) is 24.4 Å². The van der Waals surface area contributed by atoms with E-state index in [1.165, 1.54) is 25.3 Å². The van der Waals surface area contributed by atoms with E-state index in [4.69, 9.17) is 0 Å². The van der Waals surface area contributed by atoms with Crippen LogP contribution in [0.5, 0.6) is 5.75 Å². The molecule has 2 rings (SSSR count). The highest BCUT2D eigenvalue weighted by Crippen LogP contribution is 2.16. The molecule has 0 heterocycles. The van der Waals surface area contributed by atoms with Gasteiger partial charge in [0.1, 0.15) is 5.75 Å². The summed E-state index contributed by atoms with van der Waals surface area (Å²) in [6, 6.07) is 12.3. The van der Waals surface area contributed by atoms with E-state index < -0.39 is 6.61 Å². The lowest BCUT2D eigenvalue weighted by Gasteiger charge is -2.05. The quantitative estimate of drug-likeness (QED) is 0.789. The zero-order valence-corrected chi connectivity index (χ0v) is 13.3. The SMILES string of the molecule is CNC(=O)c1ccc(NC(=O)/C=C/c2ccc(OC(F)F)cc2)cc1. The Morgan fingerprint density at radius 3 is 2.24 bits per heavy atom. The van der Waals surface area contributed by atoms with Crippen molar-refractivity contribution in [3.63, 3.8) is 0 Å². The molecule has 0 fully saturated rings. The number of alkyl halides is 2. The second kappa shape index (κ2) is 8.58. The molecule has 0 aromatic heterocycles. The van der Waals surface area contributed by atoms with Crippen molar-refractivity contribution < 1.29 is 23.1 Å². The lowest BCUT2D eigenvalue weighted by Crippen LogP contribution is -2.17.